The zero-order chi connectivity index (χ0) is 26.5. The normalized spacial score (nSPS) is 14.3. The third kappa shape index (κ3) is 6.62. The van der Waals surface area contributed by atoms with Gasteiger partial charge in [-0.1, -0.05) is 58.0 Å². The molecule has 0 spiro atoms. The van der Waals surface area contributed by atoms with E-state index in [0.29, 0.717) is 39.7 Å². The van der Waals surface area contributed by atoms with E-state index in [0.717, 1.165) is 37.9 Å². The van der Waals surface area contributed by atoms with Crippen LogP contribution in [0.5, 0.6) is 11.5 Å². The van der Waals surface area contributed by atoms with E-state index in [2.05, 4.69) is 37.3 Å². The van der Waals surface area contributed by atoms with Crippen molar-refractivity contribution >= 4 is 78.1 Å². The summed E-state index contributed by atoms with van der Waals surface area (Å²) in [5, 5.41) is 1.11. The van der Waals surface area contributed by atoms with Crippen LogP contribution in [0.1, 0.15) is 34.0 Å². The summed E-state index contributed by atoms with van der Waals surface area (Å²) in [5.74, 6) is 0.309. The Morgan fingerprint density at radius 2 is 1.89 bits per heavy atom. The van der Waals surface area contributed by atoms with Crippen molar-refractivity contribution in [3.8, 4) is 11.5 Å². The maximum Gasteiger partial charge on any atom is 0.285 e. The van der Waals surface area contributed by atoms with Gasteiger partial charge in [-0.05, 0) is 95.1 Å². The van der Waals surface area contributed by atoms with Crippen molar-refractivity contribution in [1.29, 1.82) is 0 Å². The van der Waals surface area contributed by atoms with E-state index in [-0.39, 0.29) is 4.32 Å². The van der Waals surface area contributed by atoms with Gasteiger partial charge in [0.05, 0.1) is 16.0 Å². The van der Waals surface area contributed by atoms with Crippen molar-refractivity contribution in [2.45, 2.75) is 20.5 Å². The summed E-state index contributed by atoms with van der Waals surface area (Å²) < 4.78 is 13.8. The van der Waals surface area contributed by atoms with Gasteiger partial charge in [0.2, 0.25) is 0 Å². The second kappa shape index (κ2) is 12.3. The first kappa shape index (κ1) is 27.4. The monoisotopic (exact) mass is 660 g/mol. The van der Waals surface area contributed by atoms with Crippen LogP contribution in [0.2, 0.25) is 0 Å². The second-order valence-electron chi connectivity index (χ2n) is 7.95. The van der Waals surface area contributed by atoms with Gasteiger partial charge in [-0.25, -0.2) is 0 Å². The van der Waals surface area contributed by atoms with Crippen LogP contribution in [0.4, 0.5) is 0 Å². The highest BCUT2D eigenvalue weighted by molar-refractivity contribution is 9.10. The zero-order valence-corrected chi connectivity index (χ0v) is 24.7. The summed E-state index contributed by atoms with van der Waals surface area (Å²) in [4.78, 5) is 26.2. The van der Waals surface area contributed by atoms with Crippen molar-refractivity contribution in [3.05, 3.63) is 96.8 Å². The van der Waals surface area contributed by atoms with E-state index in [1.54, 1.807) is 18.2 Å². The van der Waals surface area contributed by atoms with Crippen LogP contribution in [-0.4, -0.2) is 27.8 Å². The van der Waals surface area contributed by atoms with Gasteiger partial charge >= 0.3 is 0 Å². The molecule has 0 saturated carbocycles. The molecule has 0 radical (unpaired) electrons. The maximum atomic E-state index is 13.1. The molecule has 0 unspecified atom stereocenters. The van der Waals surface area contributed by atoms with Crippen molar-refractivity contribution in [2.24, 2.45) is 0 Å². The maximum absolute atomic E-state index is 13.1. The number of carbonyl (C=O) groups is 2. The smallest absolute Gasteiger partial charge is 0.285 e. The Hall–Kier alpha value is -2.66. The molecule has 1 saturated heterocycles. The number of hydrogen-bond acceptors (Lipinski definition) is 6. The quantitative estimate of drug-likeness (QED) is 0.206. The van der Waals surface area contributed by atoms with Gasteiger partial charge in [0.1, 0.15) is 6.61 Å². The SMILES string of the molecule is CCOc1cc(/C=C2/SC(=S)N(NC(=O)c3ccccc3C)C2=O)cc(Br)c1OCc1cccc(Br)c1. The molecule has 1 fully saturated rings. The number of ether oxygens (including phenoxy) is 2. The Balaban J connectivity index is 1.54. The minimum Gasteiger partial charge on any atom is -0.490 e. The molecular weight excluding hydrogens is 640 g/mol. The first-order valence-corrected chi connectivity index (χ1v) is 14.1. The first-order valence-electron chi connectivity index (χ1n) is 11.2. The molecule has 10 heteroatoms. The number of aryl methyl sites for hydroxylation is 1. The number of halogens is 2. The standard InChI is InChI=1S/C27H22Br2N2O4S2/c1-3-34-22-13-18(12-21(29)24(22)35-15-17-8-6-9-19(28)11-17)14-23-26(33)31(27(36)37-23)30-25(32)20-10-5-4-7-16(20)2/h4-14H,3,15H2,1-2H3,(H,30,32)/b23-14+. The average molecular weight is 662 g/mol. The number of thiocarbonyl (C=S) groups is 1. The predicted molar refractivity (Wildman–Crippen MR) is 157 cm³/mol. The van der Waals surface area contributed by atoms with E-state index >= 15 is 0 Å². The zero-order valence-electron chi connectivity index (χ0n) is 19.9. The van der Waals surface area contributed by atoms with Gasteiger partial charge in [0.15, 0.2) is 15.8 Å². The molecule has 37 heavy (non-hydrogen) atoms. The second-order valence-corrected chi connectivity index (χ2v) is 11.4. The Labute approximate surface area is 241 Å². The number of nitrogens with one attached hydrogen (secondary N) is 1. The van der Waals surface area contributed by atoms with E-state index in [4.69, 9.17) is 21.7 Å². The van der Waals surface area contributed by atoms with E-state index < -0.39 is 11.8 Å². The van der Waals surface area contributed by atoms with Crippen molar-refractivity contribution in [3.63, 3.8) is 0 Å². The highest BCUT2D eigenvalue weighted by Gasteiger charge is 2.34. The third-order valence-corrected chi connectivity index (χ3v) is 7.68. The molecule has 0 aromatic heterocycles. The molecule has 0 aliphatic carbocycles. The number of benzene rings is 3. The number of thioether (sulfide) groups is 1. The summed E-state index contributed by atoms with van der Waals surface area (Å²) in [7, 11) is 0. The topological polar surface area (TPSA) is 67.9 Å². The van der Waals surface area contributed by atoms with Crippen LogP contribution >= 0.6 is 55.8 Å². The number of hydrazine groups is 1. The van der Waals surface area contributed by atoms with E-state index in [9.17, 15) is 9.59 Å². The lowest BCUT2D eigenvalue weighted by Gasteiger charge is -2.16. The summed E-state index contributed by atoms with van der Waals surface area (Å²) in [6.07, 6.45) is 1.71. The number of amides is 2. The van der Waals surface area contributed by atoms with Crippen LogP contribution in [0.3, 0.4) is 0 Å². The average Bonchev–Trinajstić information content (AvgIpc) is 3.11. The lowest BCUT2D eigenvalue weighted by molar-refractivity contribution is -0.123. The summed E-state index contributed by atoms with van der Waals surface area (Å²) in [5.41, 5.74) is 5.63. The van der Waals surface area contributed by atoms with Gasteiger partial charge in [0, 0.05) is 10.0 Å². The first-order chi connectivity index (χ1) is 17.8. The van der Waals surface area contributed by atoms with Gasteiger partial charge in [0.25, 0.3) is 11.8 Å². The molecule has 190 valence electrons. The van der Waals surface area contributed by atoms with Crippen molar-refractivity contribution < 1.29 is 19.1 Å². The molecule has 6 nitrogen and oxygen atoms in total. The molecule has 1 aliphatic rings. The lowest BCUT2D eigenvalue weighted by Crippen LogP contribution is -2.45. The third-order valence-electron chi connectivity index (χ3n) is 5.30. The minimum atomic E-state index is -0.402. The summed E-state index contributed by atoms with van der Waals surface area (Å²) >= 11 is 13.5. The van der Waals surface area contributed by atoms with Crippen LogP contribution in [-0.2, 0) is 11.4 Å². The largest absolute Gasteiger partial charge is 0.490 e. The molecule has 1 N–H and O–H groups in total. The van der Waals surface area contributed by atoms with Crippen LogP contribution in [0.25, 0.3) is 6.08 Å². The van der Waals surface area contributed by atoms with Gasteiger partial charge in [-0.2, -0.15) is 5.01 Å². The Morgan fingerprint density at radius 1 is 1.11 bits per heavy atom. The molecule has 2 amide bonds. The van der Waals surface area contributed by atoms with Crippen LogP contribution in [0, 0.1) is 6.92 Å². The minimum absolute atomic E-state index is 0.247. The molecule has 0 atom stereocenters. The number of carbonyl (C=O) groups excluding carboxylic acids is 2. The molecular formula is C27H22Br2N2O4S2. The Kier molecular flexibility index (Phi) is 9.07. The number of rotatable bonds is 8. The Morgan fingerprint density at radius 3 is 2.62 bits per heavy atom. The summed E-state index contributed by atoms with van der Waals surface area (Å²) in [6, 6.07) is 18.7. The highest BCUT2D eigenvalue weighted by Crippen LogP contribution is 2.39. The highest BCUT2D eigenvalue weighted by atomic mass is 79.9. The van der Waals surface area contributed by atoms with Gasteiger partial charge in [-0.15, -0.1) is 0 Å². The van der Waals surface area contributed by atoms with Gasteiger partial charge < -0.3 is 9.47 Å². The number of hydrogen-bond donors (Lipinski definition) is 1. The lowest BCUT2D eigenvalue weighted by atomic mass is 10.1. The molecule has 1 aliphatic heterocycles. The van der Waals surface area contributed by atoms with E-state index in [1.165, 1.54) is 0 Å². The van der Waals surface area contributed by atoms with Crippen LogP contribution in [0.15, 0.2) is 74.5 Å². The molecule has 3 aromatic carbocycles. The van der Waals surface area contributed by atoms with Gasteiger partial charge in [-0.3, -0.25) is 15.0 Å². The molecule has 4 rings (SSSR count). The Bertz CT molecular complexity index is 1410. The molecule has 0 bridgehead atoms. The van der Waals surface area contributed by atoms with Crippen LogP contribution < -0.4 is 14.9 Å². The number of nitrogens with zero attached hydrogens (tertiary/aromatic N) is 1. The molecule has 3 aromatic rings. The fourth-order valence-electron chi connectivity index (χ4n) is 3.56. The summed E-state index contributed by atoms with van der Waals surface area (Å²) in [6.45, 7) is 4.52. The van der Waals surface area contributed by atoms with E-state index in [1.807, 2.05) is 62.4 Å². The fourth-order valence-corrected chi connectivity index (χ4v) is 5.76. The van der Waals surface area contributed by atoms with Crippen molar-refractivity contribution in [1.82, 2.24) is 10.4 Å². The predicted octanol–water partition coefficient (Wildman–Crippen LogP) is 7.04. The molecule has 1 heterocycles. The fraction of sp³-hybridized carbons (Fsp3) is 0.148. The van der Waals surface area contributed by atoms with Crippen molar-refractivity contribution in [2.75, 3.05) is 6.61 Å².